The minimum atomic E-state index is -0.319. The first-order chi connectivity index (χ1) is 9.36. The Morgan fingerprint density at radius 2 is 2.05 bits per heavy atom. The Morgan fingerprint density at radius 3 is 2.60 bits per heavy atom. The van der Waals surface area contributed by atoms with Crippen LogP contribution in [0.2, 0.25) is 0 Å². The van der Waals surface area contributed by atoms with Gasteiger partial charge in [-0.15, -0.1) is 0 Å². The lowest BCUT2D eigenvalue weighted by molar-refractivity contribution is -0.122. The summed E-state index contributed by atoms with van der Waals surface area (Å²) in [6, 6.07) is 5.01. The fraction of sp³-hybridized carbons (Fsp3) is 0.429. The Morgan fingerprint density at radius 1 is 1.40 bits per heavy atom. The first kappa shape index (κ1) is 15.8. The maximum atomic E-state index is 12.3. The van der Waals surface area contributed by atoms with Gasteiger partial charge in [0.2, 0.25) is 5.91 Å². The molecule has 0 aliphatic heterocycles. The summed E-state index contributed by atoms with van der Waals surface area (Å²) in [5.74, 6) is -0.0893. The molecular formula is C14H21N3O3. The van der Waals surface area contributed by atoms with Crippen LogP contribution < -0.4 is 15.8 Å². The van der Waals surface area contributed by atoms with Crippen LogP contribution in [0.3, 0.4) is 0 Å². The van der Waals surface area contributed by atoms with Gasteiger partial charge in [-0.05, 0) is 26.0 Å². The van der Waals surface area contributed by atoms with Crippen LogP contribution in [0.5, 0.6) is 5.75 Å². The lowest BCUT2D eigenvalue weighted by Gasteiger charge is -2.19. The van der Waals surface area contributed by atoms with Gasteiger partial charge in [0.25, 0.3) is 5.91 Å². The summed E-state index contributed by atoms with van der Waals surface area (Å²) in [7, 11) is 3.04. The van der Waals surface area contributed by atoms with E-state index in [9.17, 15) is 9.59 Å². The van der Waals surface area contributed by atoms with E-state index >= 15 is 0 Å². The summed E-state index contributed by atoms with van der Waals surface area (Å²) in [4.78, 5) is 25.2. The van der Waals surface area contributed by atoms with Crippen molar-refractivity contribution in [1.82, 2.24) is 10.2 Å². The molecule has 0 unspecified atom stereocenters. The first-order valence-electron chi connectivity index (χ1n) is 6.34. The van der Waals surface area contributed by atoms with Gasteiger partial charge in [0.05, 0.1) is 24.9 Å². The Hall–Kier alpha value is -2.24. The molecule has 0 aromatic heterocycles. The predicted octanol–water partition coefficient (Wildman–Crippen LogP) is 0.874. The van der Waals surface area contributed by atoms with Gasteiger partial charge in [-0.2, -0.15) is 0 Å². The highest BCUT2D eigenvalue weighted by Gasteiger charge is 2.19. The van der Waals surface area contributed by atoms with Gasteiger partial charge in [-0.1, -0.05) is 6.07 Å². The van der Waals surface area contributed by atoms with Gasteiger partial charge < -0.3 is 20.7 Å². The summed E-state index contributed by atoms with van der Waals surface area (Å²) >= 11 is 0. The zero-order valence-corrected chi connectivity index (χ0v) is 12.3. The number of nitrogen functional groups attached to an aromatic ring is 1. The molecule has 6 heteroatoms. The predicted molar refractivity (Wildman–Crippen MR) is 77.6 cm³/mol. The third-order valence-electron chi connectivity index (χ3n) is 2.69. The quantitative estimate of drug-likeness (QED) is 0.783. The number of anilines is 1. The number of ether oxygens (including phenoxy) is 1. The van der Waals surface area contributed by atoms with Crippen molar-refractivity contribution < 1.29 is 14.3 Å². The number of rotatable bonds is 5. The van der Waals surface area contributed by atoms with Gasteiger partial charge >= 0.3 is 0 Å². The molecule has 0 fully saturated rings. The lowest BCUT2D eigenvalue weighted by atomic mass is 10.1. The lowest BCUT2D eigenvalue weighted by Crippen LogP contribution is -2.41. The number of carbonyl (C=O) groups excluding carboxylic acids is 2. The van der Waals surface area contributed by atoms with Gasteiger partial charge in [0, 0.05) is 13.1 Å². The van der Waals surface area contributed by atoms with Crippen LogP contribution in [0.25, 0.3) is 0 Å². The molecule has 2 amide bonds. The second-order valence-corrected chi connectivity index (χ2v) is 4.80. The van der Waals surface area contributed by atoms with Crippen molar-refractivity contribution in [3.05, 3.63) is 23.8 Å². The molecule has 0 bridgehead atoms. The zero-order chi connectivity index (χ0) is 15.3. The number of amides is 2. The number of benzene rings is 1. The smallest absolute Gasteiger partial charge is 0.256 e. The molecule has 0 aliphatic carbocycles. The Kier molecular flexibility index (Phi) is 5.37. The maximum absolute atomic E-state index is 12.3. The topological polar surface area (TPSA) is 84.7 Å². The van der Waals surface area contributed by atoms with E-state index in [1.165, 1.54) is 12.0 Å². The van der Waals surface area contributed by atoms with Crippen molar-refractivity contribution in [2.75, 3.05) is 26.4 Å². The Labute approximate surface area is 118 Å². The van der Waals surface area contributed by atoms with E-state index < -0.39 is 0 Å². The van der Waals surface area contributed by atoms with Crippen LogP contribution in [0.4, 0.5) is 5.69 Å². The molecular weight excluding hydrogens is 258 g/mol. The molecule has 0 aliphatic rings. The van der Waals surface area contributed by atoms with Crippen molar-refractivity contribution in [3.8, 4) is 5.75 Å². The highest BCUT2D eigenvalue weighted by atomic mass is 16.5. The SMILES string of the molecule is COc1cccc(C(=O)N(C)CC(=O)NC(C)C)c1N. The van der Waals surface area contributed by atoms with E-state index in [2.05, 4.69) is 5.32 Å². The Bertz CT molecular complexity index is 500. The second-order valence-electron chi connectivity index (χ2n) is 4.80. The number of likely N-dealkylation sites (N-methyl/N-ethyl adjacent to an activating group) is 1. The van der Waals surface area contributed by atoms with Crippen LogP contribution >= 0.6 is 0 Å². The molecule has 0 atom stereocenters. The van der Waals surface area contributed by atoms with E-state index in [0.29, 0.717) is 11.3 Å². The molecule has 0 saturated heterocycles. The average Bonchev–Trinajstić information content (AvgIpc) is 2.37. The summed E-state index contributed by atoms with van der Waals surface area (Å²) < 4.78 is 5.07. The summed E-state index contributed by atoms with van der Waals surface area (Å²) in [5, 5.41) is 2.73. The minimum absolute atomic E-state index is 0.0202. The summed E-state index contributed by atoms with van der Waals surface area (Å²) in [6.07, 6.45) is 0. The molecule has 3 N–H and O–H groups in total. The molecule has 20 heavy (non-hydrogen) atoms. The number of para-hydroxylation sites is 1. The number of nitrogens with two attached hydrogens (primary N) is 1. The molecule has 110 valence electrons. The monoisotopic (exact) mass is 279 g/mol. The van der Waals surface area contributed by atoms with Crippen LogP contribution in [0.15, 0.2) is 18.2 Å². The molecule has 0 spiro atoms. The second kappa shape index (κ2) is 6.79. The van der Waals surface area contributed by atoms with Gasteiger partial charge in [-0.3, -0.25) is 9.59 Å². The van der Waals surface area contributed by atoms with E-state index in [0.717, 1.165) is 0 Å². The standard InChI is InChI=1S/C14H21N3O3/c1-9(2)16-12(18)8-17(3)14(19)10-6-5-7-11(20-4)13(10)15/h5-7,9H,8,15H2,1-4H3,(H,16,18). The van der Waals surface area contributed by atoms with Gasteiger partial charge in [-0.25, -0.2) is 0 Å². The number of carbonyl (C=O) groups is 2. The van der Waals surface area contributed by atoms with E-state index in [4.69, 9.17) is 10.5 Å². The third-order valence-corrected chi connectivity index (χ3v) is 2.69. The van der Waals surface area contributed by atoms with E-state index in [1.807, 2.05) is 13.8 Å². The molecule has 1 aromatic carbocycles. The van der Waals surface area contributed by atoms with E-state index in [-0.39, 0.29) is 30.1 Å². The molecule has 1 rings (SSSR count). The molecule has 0 heterocycles. The molecule has 0 saturated carbocycles. The third kappa shape index (κ3) is 3.88. The Balaban J connectivity index is 2.82. The van der Waals surface area contributed by atoms with Crippen LogP contribution in [0.1, 0.15) is 24.2 Å². The molecule has 0 radical (unpaired) electrons. The van der Waals surface area contributed by atoms with Crippen LogP contribution in [0, 0.1) is 0 Å². The molecule has 6 nitrogen and oxygen atoms in total. The van der Waals surface area contributed by atoms with Crippen molar-refractivity contribution in [2.45, 2.75) is 19.9 Å². The number of nitrogens with zero attached hydrogens (tertiary/aromatic N) is 1. The minimum Gasteiger partial charge on any atom is -0.495 e. The summed E-state index contributed by atoms with van der Waals surface area (Å²) in [5.41, 5.74) is 6.47. The zero-order valence-electron chi connectivity index (χ0n) is 12.3. The first-order valence-corrected chi connectivity index (χ1v) is 6.34. The van der Waals surface area contributed by atoms with Crippen LogP contribution in [-0.4, -0.2) is 43.5 Å². The average molecular weight is 279 g/mol. The number of hydrogen-bond acceptors (Lipinski definition) is 4. The maximum Gasteiger partial charge on any atom is 0.256 e. The highest BCUT2D eigenvalue weighted by molar-refractivity contribution is 6.01. The van der Waals surface area contributed by atoms with E-state index in [1.54, 1.807) is 25.2 Å². The van der Waals surface area contributed by atoms with Crippen molar-refractivity contribution in [3.63, 3.8) is 0 Å². The number of hydrogen-bond donors (Lipinski definition) is 2. The molecule has 1 aromatic rings. The van der Waals surface area contributed by atoms with Crippen LogP contribution in [-0.2, 0) is 4.79 Å². The van der Waals surface area contributed by atoms with Crippen molar-refractivity contribution in [2.24, 2.45) is 0 Å². The van der Waals surface area contributed by atoms with Gasteiger partial charge in [0.1, 0.15) is 5.75 Å². The van der Waals surface area contributed by atoms with Gasteiger partial charge in [0.15, 0.2) is 0 Å². The highest BCUT2D eigenvalue weighted by Crippen LogP contribution is 2.25. The fourth-order valence-corrected chi connectivity index (χ4v) is 1.77. The summed E-state index contributed by atoms with van der Waals surface area (Å²) in [6.45, 7) is 3.70. The number of methoxy groups -OCH3 is 1. The van der Waals surface area contributed by atoms with Crippen molar-refractivity contribution in [1.29, 1.82) is 0 Å². The number of nitrogens with one attached hydrogen (secondary N) is 1. The largest absolute Gasteiger partial charge is 0.495 e. The van der Waals surface area contributed by atoms with Crippen molar-refractivity contribution >= 4 is 17.5 Å². The fourth-order valence-electron chi connectivity index (χ4n) is 1.77. The normalized spacial score (nSPS) is 10.2.